The van der Waals surface area contributed by atoms with E-state index in [2.05, 4.69) is 0 Å². The van der Waals surface area contributed by atoms with Gasteiger partial charge in [0.2, 0.25) is 0 Å². The van der Waals surface area contributed by atoms with Crippen molar-refractivity contribution < 1.29 is 18.1 Å². The number of hydrogen-bond donors (Lipinski definition) is 1. The molecule has 0 aliphatic rings. The van der Waals surface area contributed by atoms with E-state index < -0.39 is 28.0 Å². The summed E-state index contributed by atoms with van der Waals surface area (Å²) < 4.78 is 36.6. The lowest BCUT2D eigenvalue weighted by Gasteiger charge is -2.08. The average molecular weight is 206 g/mol. The number of rotatable bonds is 1. The summed E-state index contributed by atoms with van der Waals surface area (Å²) in [6.45, 7) is 0. The van der Waals surface area contributed by atoms with Gasteiger partial charge in [-0.05, 0) is 6.07 Å². The lowest BCUT2D eigenvalue weighted by atomic mass is 10.1. The highest BCUT2D eigenvalue weighted by Crippen LogP contribution is 2.37. The molecule has 0 aliphatic heterocycles. The molecule has 0 aromatic heterocycles. The van der Waals surface area contributed by atoms with Crippen LogP contribution >= 0.6 is 0 Å². The minimum absolute atomic E-state index is 0.697. The summed E-state index contributed by atoms with van der Waals surface area (Å²) in [6, 6.07) is 2.56. The number of benzene rings is 1. The maximum atomic E-state index is 12.2. The third kappa shape index (κ3) is 1.76. The Morgan fingerprint density at radius 2 is 1.93 bits per heavy atom. The Morgan fingerprint density at radius 3 is 2.36 bits per heavy atom. The summed E-state index contributed by atoms with van der Waals surface area (Å²) in [7, 11) is 0. The highest BCUT2D eigenvalue weighted by atomic mass is 19.4. The third-order valence-electron chi connectivity index (χ3n) is 1.59. The Hall–Kier alpha value is -1.79. The minimum Gasteiger partial charge on any atom is -0.393 e. The molecule has 0 aliphatic carbocycles. The predicted molar refractivity (Wildman–Crippen MR) is 42.5 cm³/mol. The second-order valence-corrected chi connectivity index (χ2v) is 2.49. The summed E-state index contributed by atoms with van der Waals surface area (Å²) in [5.74, 6) is 0. The number of anilines is 1. The Labute approximate surface area is 76.3 Å². The molecule has 0 saturated carbocycles. The number of halogens is 3. The molecule has 0 fully saturated rings. The molecule has 0 amide bonds. The normalized spacial score (nSPS) is 11.4. The van der Waals surface area contributed by atoms with Crippen molar-refractivity contribution in [1.82, 2.24) is 0 Å². The number of nitro groups is 1. The highest BCUT2D eigenvalue weighted by molar-refractivity contribution is 5.63. The summed E-state index contributed by atoms with van der Waals surface area (Å²) in [4.78, 5) is 9.31. The molecule has 7 heteroatoms. The molecule has 1 aromatic rings. The number of nitrogens with two attached hydrogens (primary N) is 1. The van der Waals surface area contributed by atoms with E-state index in [4.69, 9.17) is 5.73 Å². The molecule has 2 N–H and O–H groups in total. The molecule has 0 heterocycles. The van der Waals surface area contributed by atoms with E-state index in [1.54, 1.807) is 0 Å². The van der Waals surface area contributed by atoms with E-state index >= 15 is 0 Å². The molecule has 0 radical (unpaired) electrons. The van der Waals surface area contributed by atoms with E-state index in [0.29, 0.717) is 6.07 Å². The zero-order valence-corrected chi connectivity index (χ0v) is 6.71. The summed E-state index contributed by atoms with van der Waals surface area (Å²) in [6.07, 6.45) is -4.67. The number of alkyl halides is 3. The maximum Gasteiger partial charge on any atom is 0.418 e. The Bertz CT molecular complexity index is 376. The molecule has 4 nitrogen and oxygen atoms in total. The van der Waals surface area contributed by atoms with Crippen LogP contribution in [0.1, 0.15) is 5.56 Å². The van der Waals surface area contributed by atoms with Crippen molar-refractivity contribution in [3.05, 3.63) is 33.9 Å². The van der Waals surface area contributed by atoms with Crippen molar-refractivity contribution in [3.8, 4) is 0 Å². The van der Waals surface area contributed by atoms with Crippen molar-refractivity contribution in [3.63, 3.8) is 0 Å². The van der Waals surface area contributed by atoms with Gasteiger partial charge in [-0.25, -0.2) is 0 Å². The second kappa shape index (κ2) is 3.17. The lowest BCUT2D eigenvalue weighted by molar-refractivity contribution is -0.384. The fourth-order valence-electron chi connectivity index (χ4n) is 0.959. The molecule has 76 valence electrons. The molecule has 1 rings (SSSR count). The largest absolute Gasteiger partial charge is 0.418 e. The second-order valence-electron chi connectivity index (χ2n) is 2.49. The molecule has 14 heavy (non-hydrogen) atoms. The van der Waals surface area contributed by atoms with Gasteiger partial charge in [0, 0.05) is 6.07 Å². The highest BCUT2D eigenvalue weighted by Gasteiger charge is 2.35. The quantitative estimate of drug-likeness (QED) is 0.435. The number of para-hydroxylation sites is 1. The molecule has 0 saturated heterocycles. The molecular weight excluding hydrogens is 201 g/mol. The van der Waals surface area contributed by atoms with Gasteiger partial charge in [-0.3, -0.25) is 10.1 Å². The summed E-state index contributed by atoms with van der Waals surface area (Å²) >= 11 is 0. The molecule has 0 spiro atoms. The number of nitrogens with zero attached hydrogens (tertiary/aromatic N) is 1. The summed E-state index contributed by atoms with van der Waals surface area (Å²) in [5, 5.41) is 10.3. The van der Waals surface area contributed by atoms with Crippen LogP contribution in [-0.4, -0.2) is 4.92 Å². The topological polar surface area (TPSA) is 69.2 Å². The first-order chi connectivity index (χ1) is 6.34. The van der Waals surface area contributed by atoms with E-state index in [1.165, 1.54) is 0 Å². The first kappa shape index (κ1) is 10.3. The van der Waals surface area contributed by atoms with E-state index in [-0.39, 0.29) is 0 Å². The molecule has 0 bridgehead atoms. The van der Waals surface area contributed by atoms with Crippen LogP contribution in [0.4, 0.5) is 24.5 Å². The van der Waals surface area contributed by atoms with Crippen molar-refractivity contribution in [2.24, 2.45) is 0 Å². The van der Waals surface area contributed by atoms with Crippen LogP contribution in [0.25, 0.3) is 0 Å². The van der Waals surface area contributed by atoms with Gasteiger partial charge in [-0.1, -0.05) is 6.07 Å². The molecule has 0 unspecified atom stereocenters. The fourth-order valence-corrected chi connectivity index (χ4v) is 0.959. The smallest absolute Gasteiger partial charge is 0.393 e. The SMILES string of the molecule is Nc1c([N+](=O)[O-])cccc1C(F)(F)F. The van der Waals surface area contributed by atoms with Crippen LogP contribution < -0.4 is 5.73 Å². The van der Waals surface area contributed by atoms with Gasteiger partial charge in [0.15, 0.2) is 0 Å². The van der Waals surface area contributed by atoms with Crippen molar-refractivity contribution in [2.75, 3.05) is 5.73 Å². The summed E-state index contributed by atoms with van der Waals surface area (Å²) in [5.41, 5.74) is 2.23. The van der Waals surface area contributed by atoms with Gasteiger partial charge in [-0.2, -0.15) is 13.2 Å². The van der Waals surface area contributed by atoms with Gasteiger partial charge < -0.3 is 5.73 Å². The van der Waals surface area contributed by atoms with E-state index in [1.807, 2.05) is 0 Å². The number of nitro benzene ring substituents is 1. The van der Waals surface area contributed by atoms with Crippen LogP contribution in [0, 0.1) is 10.1 Å². The predicted octanol–water partition coefficient (Wildman–Crippen LogP) is 2.20. The van der Waals surface area contributed by atoms with Crippen molar-refractivity contribution in [2.45, 2.75) is 6.18 Å². The van der Waals surface area contributed by atoms with Gasteiger partial charge in [0.1, 0.15) is 5.69 Å². The van der Waals surface area contributed by atoms with Gasteiger partial charge in [0.05, 0.1) is 10.5 Å². The number of nitrogen functional groups attached to an aromatic ring is 1. The maximum absolute atomic E-state index is 12.2. The van der Waals surface area contributed by atoms with E-state index in [0.717, 1.165) is 12.1 Å². The van der Waals surface area contributed by atoms with Crippen LogP contribution in [0.3, 0.4) is 0 Å². The van der Waals surface area contributed by atoms with E-state index in [9.17, 15) is 23.3 Å². The van der Waals surface area contributed by atoms with Gasteiger partial charge in [-0.15, -0.1) is 0 Å². The first-order valence-electron chi connectivity index (χ1n) is 3.44. The average Bonchev–Trinajstić information content (AvgIpc) is 2.01. The zero-order chi connectivity index (χ0) is 10.9. The van der Waals surface area contributed by atoms with Crippen LogP contribution in [-0.2, 0) is 6.18 Å². The molecule has 1 aromatic carbocycles. The minimum atomic E-state index is -4.67. The van der Waals surface area contributed by atoms with Crippen molar-refractivity contribution in [1.29, 1.82) is 0 Å². The van der Waals surface area contributed by atoms with Crippen molar-refractivity contribution >= 4 is 11.4 Å². The lowest BCUT2D eigenvalue weighted by Crippen LogP contribution is -2.10. The zero-order valence-electron chi connectivity index (χ0n) is 6.71. The molecule has 0 atom stereocenters. The first-order valence-corrected chi connectivity index (χ1v) is 3.44. The fraction of sp³-hybridized carbons (Fsp3) is 0.143. The van der Waals surface area contributed by atoms with Crippen LogP contribution in [0.2, 0.25) is 0 Å². The Morgan fingerprint density at radius 1 is 1.36 bits per heavy atom. The van der Waals surface area contributed by atoms with Crippen LogP contribution in [0.15, 0.2) is 18.2 Å². The standard InChI is InChI=1S/C7H5F3N2O2/c8-7(9,10)4-2-1-3-5(6(4)11)12(13)14/h1-3H,11H2. The van der Waals surface area contributed by atoms with Crippen LogP contribution in [0.5, 0.6) is 0 Å². The molecular formula is C7H5F3N2O2. The third-order valence-corrected chi connectivity index (χ3v) is 1.59. The Balaban J connectivity index is 3.35. The number of hydrogen-bond acceptors (Lipinski definition) is 3. The Kier molecular flexibility index (Phi) is 2.33. The monoisotopic (exact) mass is 206 g/mol. The van der Waals surface area contributed by atoms with Gasteiger partial charge >= 0.3 is 6.18 Å². The van der Waals surface area contributed by atoms with Gasteiger partial charge in [0.25, 0.3) is 5.69 Å².